The Balaban J connectivity index is 1.79. The average molecular weight is 305 g/mol. The van der Waals surface area contributed by atoms with E-state index in [2.05, 4.69) is 12.2 Å². The summed E-state index contributed by atoms with van der Waals surface area (Å²) in [7, 11) is 0. The molecule has 4 atom stereocenters. The normalized spacial score (nSPS) is 27.6. The van der Waals surface area contributed by atoms with Crippen LogP contribution in [0.2, 0.25) is 0 Å². The van der Waals surface area contributed by atoms with Crippen LogP contribution in [0.25, 0.3) is 0 Å². The Morgan fingerprint density at radius 3 is 2.50 bits per heavy atom. The Labute approximate surface area is 128 Å². The molecule has 0 saturated heterocycles. The predicted molar refractivity (Wildman–Crippen MR) is 81.8 cm³/mol. The Morgan fingerprint density at radius 1 is 1.18 bits per heavy atom. The second kappa shape index (κ2) is 5.55. The monoisotopic (exact) mass is 305 g/mol. The van der Waals surface area contributed by atoms with Gasteiger partial charge in [0.25, 0.3) is 11.4 Å². The molecule has 0 aliphatic heterocycles. The SMILES string of the molecule is C[C@@H](Nc1ccc([N+](=O)[O-])cc1[N+](=O)[O-])[C@@H]1C[C@@H]2CC[C@@H]1C2. The van der Waals surface area contributed by atoms with Gasteiger partial charge in [-0.2, -0.15) is 0 Å². The van der Waals surface area contributed by atoms with Crippen LogP contribution >= 0.6 is 0 Å². The van der Waals surface area contributed by atoms with Gasteiger partial charge in [0.2, 0.25) is 0 Å². The fourth-order valence-electron chi connectivity index (χ4n) is 4.17. The van der Waals surface area contributed by atoms with Crippen LogP contribution in [-0.4, -0.2) is 15.9 Å². The summed E-state index contributed by atoms with van der Waals surface area (Å²) in [6.07, 6.45) is 5.02. The lowest BCUT2D eigenvalue weighted by Gasteiger charge is -2.29. The number of nitrogens with zero attached hydrogens (tertiary/aromatic N) is 2. The molecule has 1 aromatic rings. The van der Waals surface area contributed by atoms with E-state index in [0.717, 1.165) is 12.0 Å². The third-order valence-electron chi connectivity index (χ3n) is 5.21. The van der Waals surface area contributed by atoms with E-state index in [0.29, 0.717) is 17.5 Å². The fourth-order valence-corrected chi connectivity index (χ4v) is 4.17. The van der Waals surface area contributed by atoms with Crippen molar-refractivity contribution in [2.75, 3.05) is 5.32 Å². The van der Waals surface area contributed by atoms with Gasteiger partial charge in [-0.1, -0.05) is 6.42 Å². The number of hydrogen-bond acceptors (Lipinski definition) is 5. The molecule has 0 spiro atoms. The quantitative estimate of drug-likeness (QED) is 0.660. The second-order valence-corrected chi connectivity index (χ2v) is 6.49. The molecule has 7 heteroatoms. The standard InChI is InChI=1S/C15H19N3O4/c1-9(13-7-10-2-3-11(13)6-10)16-14-5-4-12(17(19)20)8-15(14)18(21)22/h4-5,8-11,13,16H,2-3,6-7H2,1H3/t9-,10-,11-,13+/m1/s1. The molecule has 2 aliphatic rings. The van der Waals surface area contributed by atoms with Crippen LogP contribution in [-0.2, 0) is 0 Å². The molecule has 0 heterocycles. The van der Waals surface area contributed by atoms with Gasteiger partial charge in [-0.3, -0.25) is 20.2 Å². The number of fused-ring (bicyclic) bond motifs is 2. The van der Waals surface area contributed by atoms with Crippen molar-refractivity contribution in [1.82, 2.24) is 0 Å². The van der Waals surface area contributed by atoms with E-state index >= 15 is 0 Å². The highest BCUT2D eigenvalue weighted by molar-refractivity contribution is 5.65. The van der Waals surface area contributed by atoms with E-state index in [-0.39, 0.29) is 17.4 Å². The molecule has 0 radical (unpaired) electrons. The first-order valence-corrected chi connectivity index (χ1v) is 7.65. The molecule has 0 unspecified atom stereocenters. The van der Waals surface area contributed by atoms with Gasteiger partial charge < -0.3 is 5.32 Å². The Kier molecular flexibility index (Phi) is 3.72. The molecule has 2 bridgehead atoms. The molecule has 2 aliphatic carbocycles. The Hall–Kier alpha value is -2.18. The number of hydrogen-bond donors (Lipinski definition) is 1. The van der Waals surface area contributed by atoms with Gasteiger partial charge in [0.05, 0.1) is 15.9 Å². The van der Waals surface area contributed by atoms with Crippen molar-refractivity contribution in [2.24, 2.45) is 17.8 Å². The number of non-ortho nitro benzene ring substituents is 1. The van der Waals surface area contributed by atoms with E-state index in [1.54, 1.807) is 0 Å². The van der Waals surface area contributed by atoms with Crippen molar-refractivity contribution < 1.29 is 9.85 Å². The lowest BCUT2D eigenvalue weighted by Crippen LogP contribution is -2.30. The van der Waals surface area contributed by atoms with Crippen LogP contribution < -0.4 is 5.32 Å². The molecule has 22 heavy (non-hydrogen) atoms. The fraction of sp³-hybridized carbons (Fsp3) is 0.600. The summed E-state index contributed by atoms with van der Waals surface area (Å²) in [5.41, 5.74) is -0.125. The number of anilines is 1. The van der Waals surface area contributed by atoms with Gasteiger partial charge in [-0.15, -0.1) is 0 Å². The second-order valence-electron chi connectivity index (χ2n) is 6.49. The van der Waals surface area contributed by atoms with E-state index in [1.807, 2.05) is 0 Å². The zero-order valence-electron chi connectivity index (χ0n) is 12.4. The van der Waals surface area contributed by atoms with Gasteiger partial charge in [-0.05, 0) is 50.0 Å². The molecule has 2 fully saturated rings. The maximum absolute atomic E-state index is 11.2. The van der Waals surface area contributed by atoms with Gasteiger partial charge in [0.1, 0.15) is 5.69 Å². The van der Waals surface area contributed by atoms with Crippen LogP contribution in [0.4, 0.5) is 17.1 Å². The lowest BCUT2D eigenvalue weighted by molar-refractivity contribution is -0.393. The van der Waals surface area contributed by atoms with Crippen LogP contribution in [0.3, 0.4) is 0 Å². The van der Waals surface area contributed by atoms with E-state index < -0.39 is 9.85 Å². The van der Waals surface area contributed by atoms with Crippen molar-refractivity contribution >= 4 is 17.1 Å². The highest BCUT2D eigenvalue weighted by atomic mass is 16.6. The summed E-state index contributed by atoms with van der Waals surface area (Å²) in [5, 5.41) is 25.2. The molecule has 2 saturated carbocycles. The van der Waals surface area contributed by atoms with Crippen LogP contribution in [0.1, 0.15) is 32.6 Å². The van der Waals surface area contributed by atoms with Crippen molar-refractivity contribution in [3.8, 4) is 0 Å². The zero-order chi connectivity index (χ0) is 15.9. The lowest BCUT2D eigenvalue weighted by atomic mass is 9.84. The summed E-state index contributed by atoms with van der Waals surface area (Å²) >= 11 is 0. The van der Waals surface area contributed by atoms with E-state index in [9.17, 15) is 20.2 Å². The van der Waals surface area contributed by atoms with Crippen molar-refractivity contribution in [3.05, 3.63) is 38.4 Å². The summed E-state index contributed by atoms with van der Waals surface area (Å²) in [4.78, 5) is 20.8. The molecule has 1 aromatic carbocycles. The highest BCUT2D eigenvalue weighted by Crippen LogP contribution is 2.50. The van der Waals surface area contributed by atoms with E-state index in [4.69, 9.17) is 0 Å². The molecule has 0 amide bonds. The van der Waals surface area contributed by atoms with Crippen molar-refractivity contribution in [3.63, 3.8) is 0 Å². The minimum atomic E-state index is -0.615. The first kappa shape index (κ1) is 14.7. The zero-order valence-corrected chi connectivity index (χ0v) is 12.4. The maximum atomic E-state index is 11.2. The first-order valence-electron chi connectivity index (χ1n) is 7.65. The van der Waals surface area contributed by atoms with Crippen molar-refractivity contribution in [1.29, 1.82) is 0 Å². The van der Waals surface area contributed by atoms with Gasteiger partial charge in [0, 0.05) is 12.1 Å². The maximum Gasteiger partial charge on any atom is 0.299 e. The topological polar surface area (TPSA) is 98.3 Å². The largest absolute Gasteiger partial charge is 0.377 e. The summed E-state index contributed by atoms with van der Waals surface area (Å²) in [5.74, 6) is 2.06. The molecular formula is C15H19N3O4. The van der Waals surface area contributed by atoms with Gasteiger partial charge in [-0.25, -0.2) is 0 Å². The number of rotatable bonds is 5. The number of nitro groups is 2. The van der Waals surface area contributed by atoms with Crippen LogP contribution in [0.15, 0.2) is 18.2 Å². The molecular weight excluding hydrogens is 286 g/mol. The molecule has 7 nitrogen and oxygen atoms in total. The summed E-state index contributed by atoms with van der Waals surface area (Å²) in [6.45, 7) is 2.05. The van der Waals surface area contributed by atoms with Crippen molar-refractivity contribution in [2.45, 2.75) is 38.6 Å². The number of nitro benzene ring substituents is 2. The predicted octanol–water partition coefficient (Wildman–Crippen LogP) is 3.74. The first-order chi connectivity index (χ1) is 10.5. The smallest absolute Gasteiger partial charge is 0.299 e. The number of nitrogens with one attached hydrogen (secondary N) is 1. The third-order valence-corrected chi connectivity index (χ3v) is 5.21. The Morgan fingerprint density at radius 2 is 1.95 bits per heavy atom. The minimum Gasteiger partial charge on any atom is -0.377 e. The van der Waals surface area contributed by atoms with Crippen LogP contribution in [0, 0.1) is 38.0 Å². The highest BCUT2D eigenvalue weighted by Gasteiger charge is 2.42. The molecule has 0 aromatic heterocycles. The molecule has 1 N–H and O–H groups in total. The van der Waals surface area contributed by atoms with Gasteiger partial charge >= 0.3 is 0 Å². The number of benzene rings is 1. The third kappa shape index (κ3) is 2.63. The van der Waals surface area contributed by atoms with E-state index in [1.165, 1.54) is 37.8 Å². The molecule has 118 valence electrons. The average Bonchev–Trinajstić information content (AvgIpc) is 3.09. The van der Waals surface area contributed by atoms with Gasteiger partial charge in [0.15, 0.2) is 0 Å². The summed E-state index contributed by atoms with van der Waals surface area (Å²) < 4.78 is 0. The molecule has 3 rings (SSSR count). The Bertz CT molecular complexity index is 619. The minimum absolute atomic E-state index is 0.135. The van der Waals surface area contributed by atoms with Crippen LogP contribution in [0.5, 0.6) is 0 Å². The summed E-state index contributed by atoms with van der Waals surface area (Å²) in [6, 6.07) is 3.91.